The maximum absolute atomic E-state index is 4.47. The third kappa shape index (κ3) is 1.24. The molecule has 1 aliphatic rings. The van der Waals surface area contributed by atoms with E-state index in [1.165, 1.54) is 10.6 Å². The van der Waals surface area contributed by atoms with Gasteiger partial charge >= 0.3 is 0 Å². The minimum absolute atomic E-state index is 0.116. The summed E-state index contributed by atoms with van der Waals surface area (Å²) < 4.78 is 0. The van der Waals surface area contributed by atoms with Crippen molar-refractivity contribution >= 4 is 11.3 Å². The molecule has 0 spiro atoms. The highest BCUT2D eigenvalue weighted by atomic mass is 32.1. The molecular formula is C11H15NS. The zero-order chi connectivity index (χ0) is 9.69. The first-order chi connectivity index (χ1) is 5.93. The Morgan fingerprint density at radius 3 is 2.31 bits per heavy atom. The number of nitrogens with zero attached hydrogens (tertiary/aromatic N) is 1. The van der Waals surface area contributed by atoms with Crippen LogP contribution in [0.1, 0.15) is 38.3 Å². The highest BCUT2D eigenvalue weighted by Crippen LogP contribution is 2.42. The predicted octanol–water partition coefficient (Wildman–Crippen LogP) is 3.27. The third-order valence-corrected chi connectivity index (χ3v) is 3.85. The van der Waals surface area contributed by atoms with Gasteiger partial charge in [-0.2, -0.15) is 0 Å². The van der Waals surface area contributed by atoms with Gasteiger partial charge in [0.1, 0.15) is 0 Å². The quantitative estimate of drug-likeness (QED) is 0.576. The Morgan fingerprint density at radius 1 is 1.08 bits per heavy atom. The van der Waals surface area contributed by atoms with Crippen molar-refractivity contribution in [3.05, 3.63) is 28.2 Å². The van der Waals surface area contributed by atoms with Gasteiger partial charge in [0.15, 0.2) is 0 Å². The van der Waals surface area contributed by atoms with Crippen LogP contribution in [0.5, 0.6) is 0 Å². The lowest BCUT2D eigenvalue weighted by Crippen LogP contribution is -2.27. The third-order valence-electron chi connectivity index (χ3n) is 2.68. The van der Waals surface area contributed by atoms with Crippen LogP contribution in [0.3, 0.4) is 0 Å². The largest absolute Gasteiger partial charge is 0.249 e. The fourth-order valence-electron chi connectivity index (χ4n) is 1.73. The maximum atomic E-state index is 4.47. The van der Waals surface area contributed by atoms with E-state index in [4.69, 9.17) is 0 Å². The summed E-state index contributed by atoms with van der Waals surface area (Å²) in [5, 5.41) is 0. The van der Waals surface area contributed by atoms with Gasteiger partial charge in [0.25, 0.3) is 0 Å². The Hall–Kier alpha value is -0.630. The Labute approximate surface area is 83.5 Å². The lowest BCUT2D eigenvalue weighted by Gasteiger charge is -2.32. The number of aromatic nitrogens is 1. The molecule has 0 unspecified atom stereocenters. The van der Waals surface area contributed by atoms with E-state index in [0.29, 0.717) is 0 Å². The molecule has 0 radical (unpaired) electrons. The number of rotatable bonds is 0. The summed E-state index contributed by atoms with van der Waals surface area (Å²) in [6.07, 6.45) is 4.57. The zero-order valence-corrected chi connectivity index (χ0v) is 9.40. The topological polar surface area (TPSA) is 12.9 Å². The van der Waals surface area contributed by atoms with Gasteiger partial charge in [0, 0.05) is 15.7 Å². The van der Waals surface area contributed by atoms with Crippen LogP contribution in [-0.2, 0) is 10.8 Å². The predicted molar refractivity (Wildman–Crippen MR) is 57.3 cm³/mol. The summed E-state index contributed by atoms with van der Waals surface area (Å²) >= 11 is 1.77. The molecule has 0 saturated carbocycles. The first kappa shape index (κ1) is 8.95. The second-order valence-electron chi connectivity index (χ2n) is 4.81. The highest BCUT2D eigenvalue weighted by Gasteiger charge is 2.34. The lowest BCUT2D eigenvalue weighted by molar-refractivity contribution is 0.560. The second-order valence-corrected chi connectivity index (χ2v) is 5.66. The number of fused-ring (bicyclic) bond motifs is 1. The van der Waals surface area contributed by atoms with Crippen LogP contribution < -0.4 is 0 Å². The number of allylic oxidation sites excluding steroid dienone is 2. The van der Waals surface area contributed by atoms with E-state index in [1.54, 1.807) is 11.3 Å². The minimum atomic E-state index is 0.116. The number of hydrogen-bond donors (Lipinski definition) is 0. The van der Waals surface area contributed by atoms with E-state index >= 15 is 0 Å². The van der Waals surface area contributed by atoms with Crippen molar-refractivity contribution in [2.75, 3.05) is 0 Å². The molecule has 0 atom stereocenters. The molecule has 1 heterocycles. The summed E-state index contributed by atoms with van der Waals surface area (Å²) in [5.74, 6) is 0. The number of hydrogen-bond acceptors (Lipinski definition) is 2. The molecule has 0 aliphatic heterocycles. The van der Waals surface area contributed by atoms with Crippen LogP contribution in [0.15, 0.2) is 17.7 Å². The molecule has 1 nitrogen and oxygen atoms in total. The summed E-state index contributed by atoms with van der Waals surface area (Å²) in [5.41, 5.74) is 3.50. The van der Waals surface area contributed by atoms with Crippen molar-refractivity contribution in [1.82, 2.24) is 4.98 Å². The Bertz CT molecular complexity index is 325. The van der Waals surface area contributed by atoms with Crippen molar-refractivity contribution in [2.24, 2.45) is 0 Å². The molecule has 2 heteroatoms. The fourth-order valence-corrected chi connectivity index (χ4v) is 2.80. The van der Waals surface area contributed by atoms with E-state index < -0.39 is 0 Å². The van der Waals surface area contributed by atoms with Gasteiger partial charge < -0.3 is 0 Å². The molecule has 0 fully saturated rings. The van der Waals surface area contributed by atoms with Crippen LogP contribution in [0.2, 0.25) is 0 Å². The van der Waals surface area contributed by atoms with Gasteiger partial charge in [-0.05, 0) is 0 Å². The van der Waals surface area contributed by atoms with E-state index in [2.05, 4.69) is 44.8 Å². The Balaban J connectivity index is 2.64. The molecule has 1 aromatic heterocycles. The molecule has 1 aromatic rings. The first-order valence-electron chi connectivity index (χ1n) is 4.58. The van der Waals surface area contributed by atoms with Gasteiger partial charge in [-0.15, -0.1) is 11.3 Å². The molecule has 13 heavy (non-hydrogen) atoms. The van der Waals surface area contributed by atoms with Crippen LogP contribution in [0.4, 0.5) is 0 Å². The van der Waals surface area contributed by atoms with Crippen molar-refractivity contribution in [1.29, 1.82) is 0 Å². The average molecular weight is 193 g/mol. The van der Waals surface area contributed by atoms with E-state index in [9.17, 15) is 0 Å². The van der Waals surface area contributed by atoms with Crippen molar-refractivity contribution in [2.45, 2.75) is 38.5 Å². The molecule has 0 aromatic carbocycles. The second kappa shape index (κ2) is 2.44. The lowest BCUT2D eigenvalue weighted by atomic mass is 9.75. The van der Waals surface area contributed by atoms with E-state index in [-0.39, 0.29) is 10.8 Å². The summed E-state index contributed by atoms with van der Waals surface area (Å²) in [7, 11) is 0. The van der Waals surface area contributed by atoms with Gasteiger partial charge in [0.05, 0.1) is 11.2 Å². The monoisotopic (exact) mass is 193 g/mol. The fraction of sp³-hybridized carbons (Fsp3) is 0.545. The SMILES string of the molecule is CC1(C)C=CC(C)(C)c2scnc21. The summed E-state index contributed by atoms with van der Waals surface area (Å²) in [6.45, 7) is 8.93. The van der Waals surface area contributed by atoms with Crippen LogP contribution in [-0.4, -0.2) is 4.98 Å². The molecule has 0 bridgehead atoms. The normalized spacial score (nSPS) is 22.8. The van der Waals surface area contributed by atoms with Gasteiger partial charge in [-0.3, -0.25) is 0 Å². The standard InChI is InChI=1S/C11H15NS/c1-10(2)5-6-11(3,4)9-8(10)12-7-13-9/h5-7H,1-4H3. The molecule has 0 amide bonds. The highest BCUT2D eigenvalue weighted by molar-refractivity contribution is 7.10. The van der Waals surface area contributed by atoms with Gasteiger partial charge in [-0.25, -0.2) is 4.98 Å². The maximum Gasteiger partial charge on any atom is 0.0798 e. The minimum Gasteiger partial charge on any atom is -0.249 e. The van der Waals surface area contributed by atoms with Crippen LogP contribution in [0.25, 0.3) is 0 Å². The van der Waals surface area contributed by atoms with Gasteiger partial charge in [0.2, 0.25) is 0 Å². The first-order valence-corrected chi connectivity index (χ1v) is 5.46. The van der Waals surface area contributed by atoms with Crippen molar-refractivity contribution < 1.29 is 0 Å². The Morgan fingerprint density at radius 2 is 1.69 bits per heavy atom. The molecular weight excluding hydrogens is 178 g/mol. The summed E-state index contributed by atoms with van der Waals surface area (Å²) in [6, 6.07) is 0. The van der Waals surface area contributed by atoms with Gasteiger partial charge in [-0.1, -0.05) is 39.8 Å². The molecule has 2 rings (SSSR count). The Kier molecular flexibility index (Phi) is 1.68. The molecule has 1 aliphatic carbocycles. The van der Waals surface area contributed by atoms with Crippen molar-refractivity contribution in [3.63, 3.8) is 0 Å². The van der Waals surface area contributed by atoms with E-state index in [0.717, 1.165) is 0 Å². The molecule has 70 valence electrons. The van der Waals surface area contributed by atoms with Crippen LogP contribution in [0, 0.1) is 0 Å². The zero-order valence-electron chi connectivity index (χ0n) is 8.59. The van der Waals surface area contributed by atoms with Crippen molar-refractivity contribution in [3.8, 4) is 0 Å². The summed E-state index contributed by atoms with van der Waals surface area (Å²) in [4.78, 5) is 5.89. The molecule has 0 saturated heterocycles. The smallest absolute Gasteiger partial charge is 0.0798 e. The average Bonchev–Trinajstić information content (AvgIpc) is 2.48. The van der Waals surface area contributed by atoms with Crippen LogP contribution >= 0.6 is 11.3 Å². The number of thiazole rings is 1. The van der Waals surface area contributed by atoms with E-state index in [1.807, 2.05) is 5.51 Å². The molecule has 0 N–H and O–H groups in total.